The van der Waals surface area contributed by atoms with E-state index in [4.69, 9.17) is 4.74 Å². The molecule has 1 aliphatic rings. The Balaban J connectivity index is 2.49. The molecule has 0 atom stereocenters. The van der Waals surface area contributed by atoms with E-state index in [2.05, 4.69) is 0 Å². The predicted molar refractivity (Wildman–Crippen MR) is 50.0 cm³/mol. The molecule has 0 bridgehead atoms. The van der Waals surface area contributed by atoms with Gasteiger partial charge < -0.3 is 4.74 Å². The minimum Gasteiger partial charge on any atom is -0.349 e. The lowest BCUT2D eigenvalue weighted by Crippen LogP contribution is -2.30. The smallest absolute Gasteiger partial charge is 0.216 e. The molecule has 0 aromatic rings. The molecule has 1 heterocycles. The molecule has 1 fully saturated rings. The van der Waals surface area contributed by atoms with Crippen molar-refractivity contribution in [3.63, 3.8) is 0 Å². The third-order valence-corrected chi connectivity index (χ3v) is 4.31. The maximum atomic E-state index is 10.7. The van der Waals surface area contributed by atoms with Crippen LogP contribution in [0.2, 0.25) is 0 Å². The molecule has 0 N–H and O–H groups in total. The Morgan fingerprint density at radius 2 is 2.18 bits per heavy atom. The molecule has 0 aliphatic carbocycles. The van der Waals surface area contributed by atoms with Gasteiger partial charge in [0.1, 0.15) is 0 Å². The molecule has 0 unspecified atom stereocenters. The average Bonchev–Trinajstić information content (AvgIpc) is 2.07. The summed E-state index contributed by atoms with van der Waals surface area (Å²) in [4.78, 5) is 10.7. The highest BCUT2D eigenvalue weighted by Crippen LogP contribution is 2.41. The van der Waals surface area contributed by atoms with Crippen LogP contribution in [0.15, 0.2) is 0 Å². The van der Waals surface area contributed by atoms with E-state index < -0.39 is 4.27 Å². The van der Waals surface area contributed by atoms with Crippen molar-refractivity contribution in [2.75, 3.05) is 18.1 Å². The number of carbonyl (C=O) groups excluding carboxylic acids is 1. The standard InChI is InChI=1S/C7H12O2S2/c1-2-9-7(6-8)10-4-3-5-11-7/h6H,2-5H2,1H3. The normalized spacial score (nSPS) is 23.0. The fourth-order valence-corrected chi connectivity index (χ4v) is 3.62. The average molecular weight is 192 g/mol. The molecule has 64 valence electrons. The Labute approximate surface area is 75.4 Å². The maximum absolute atomic E-state index is 10.7. The zero-order valence-corrected chi connectivity index (χ0v) is 8.17. The molecule has 0 aromatic heterocycles. The van der Waals surface area contributed by atoms with E-state index in [1.165, 1.54) is 6.42 Å². The third kappa shape index (κ3) is 2.39. The van der Waals surface area contributed by atoms with Crippen molar-refractivity contribution in [2.24, 2.45) is 0 Å². The highest BCUT2D eigenvalue weighted by molar-refractivity contribution is 8.19. The number of carbonyl (C=O) groups is 1. The van der Waals surface area contributed by atoms with Crippen molar-refractivity contribution in [1.82, 2.24) is 0 Å². The largest absolute Gasteiger partial charge is 0.349 e. The van der Waals surface area contributed by atoms with Gasteiger partial charge in [-0.3, -0.25) is 4.79 Å². The van der Waals surface area contributed by atoms with Crippen molar-refractivity contribution >= 4 is 29.8 Å². The summed E-state index contributed by atoms with van der Waals surface area (Å²) >= 11 is 3.22. The van der Waals surface area contributed by atoms with Gasteiger partial charge in [0.15, 0.2) is 6.29 Å². The van der Waals surface area contributed by atoms with Gasteiger partial charge in [0, 0.05) is 6.61 Å². The summed E-state index contributed by atoms with van der Waals surface area (Å²) in [7, 11) is 0. The summed E-state index contributed by atoms with van der Waals surface area (Å²) in [6, 6.07) is 0. The first-order chi connectivity index (χ1) is 5.33. The number of thioether (sulfide) groups is 2. The molecule has 1 saturated heterocycles. The Kier molecular flexibility index (Phi) is 3.75. The van der Waals surface area contributed by atoms with Crippen LogP contribution in [0.25, 0.3) is 0 Å². The first kappa shape index (κ1) is 9.42. The van der Waals surface area contributed by atoms with Crippen LogP contribution in [0, 0.1) is 0 Å². The topological polar surface area (TPSA) is 26.3 Å². The van der Waals surface area contributed by atoms with Crippen LogP contribution in [0.1, 0.15) is 13.3 Å². The van der Waals surface area contributed by atoms with Crippen LogP contribution < -0.4 is 0 Å². The SMILES string of the molecule is CCOC1(C=O)SCCCS1. The van der Waals surface area contributed by atoms with Gasteiger partial charge in [-0.05, 0) is 24.9 Å². The molecule has 1 rings (SSSR count). The Bertz CT molecular complexity index is 127. The molecule has 2 nitrogen and oxygen atoms in total. The summed E-state index contributed by atoms with van der Waals surface area (Å²) in [5.74, 6) is 2.07. The summed E-state index contributed by atoms with van der Waals surface area (Å²) in [5.41, 5.74) is 0. The number of hydrogen-bond acceptors (Lipinski definition) is 4. The van der Waals surface area contributed by atoms with Crippen LogP contribution in [0.4, 0.5) is 0 Å². The summed E-state index contributed by atoms with van der Waals surface area (Å²) in [6.45, 7) is 2.53. The van der Waals surface area contributed by atoms with Gasteiger partial charge in [0.05, 0.1) is 0 Å². The predicted octanol–water partition coefficient (Wildman–Crippen LogP) is 1.75. The zero-order valence-electron chi connectivity index (χ0n) is 6.54. The quantitative estimate of drug-likeness (QED) is 0.636. The van der Waals surface area contributed by atoms with E-state index in [1.807, 2.05) is 6.92 Å². The molecule has 0 radical (unpaired) electrons. The Morgan fingerprint density at radius 1 is 1.55 bits per heavy atom. The summed E-state index contributed by atoms with van der Waals surface area (Å²) in [6.07, 6.45) is 2.10. The van der Waals surface area contributed by atoms with E-state index in [0.29, 0.717) is 6.61 Å². The lowest BCUT2D eigenvalue weighted by molar-refractivity contribution is -0.115. The first-order valence-corrected chi connectivity index (χ1v) is 5.68. The number of hydrogen-bond donors (Lipinski definition) is 0. The fraction of sp³-hybridized carbons (Fsp3) is 0.857. The number of aldehydes is 1. The van der Waals surface area contributed by atoms with Gasteiger partial charge in [0.2, 0.25) is 4.27 Å². The highest BCUT2D eigenvalue weighted by atomic mass is 32.2. The van der Waals surface area contributed by atoms with Crippen molar-refractivity contribution in [3.05, 3.63) is 0 Å². The first-order valence-electron chi connectivity index (χ1n) is 3.71. The number of rotatable bonds is 3. The van der Waals surface area contributed by atoms with Gasteiger partial charge in [-0.15, -0.1) is 23.5 Å². The second-order valence-corrected chi connectivity index (χ2v) is 5.07. The molecule has 1 aliphatic heterocycles. The third-order valence-electron chi connectivity index (χ3n) is 1.39. The lowest BCUT2D eigenvalue weighted by Gasteiger charge is -2.29. The highest BCUT2D eigenvalue weighted by Gasteiger charge is 2.33. The minimum atomic E-state index is -0.576. The monoisotopic (exact) mass is 192 g/mol. The van der Waals surface area contributed by atoms with E-state index in [9.17, 15) is 4.79 Å². The van der Waals surface area contributed by atoms with E-state index in [-0.39, 0.29) is 0 Å². The Morgan fingerprint density at radius 3 is 2.64 bits per heavy atom. The summed E-state index contributed by atoms with van der Waals surface area (Å²) < 4.78 is 4.80. The van der Waals surface area contributed by atoms with E-state index >= 15 is 0 Å². The van der Waals surface area contributed by atoms with Crippen LogP contribution in [0.3, 0.4) is 0 Å². The van der Waals surface area contributed by atoms with Crippen LogP contribution in [0.5, 0.6) is 0 Å². The van der Waals surface area contributed by atoms with Gasteiger partial charge in [-0.2, -0.15) is 0 Å². The summed E-state index contributed by atoms with van der Waals surface area (Å²) in [5, 5.41) is 0. The molecular weight excluding hydrogens is 180 g/mol. The molecule has 0 saturated carbocycles. The second kappa shape index (κ2) is 4.38. The molecule has 0 amide bonds. The van der Waals surface area contributed by atoms with Crippen molar-refractivity contribution in [2.45, 2.75) is 17.6 Å². The van der Waals surface area contributed by atoms with E-state index in [0.717, 1.165) is 17.8 Å². The van der Waals surface area contributed by atoms with Gasteiger partial charge >= 0.3 is 0 Å². The molecule has 4 heteroatoms. The molecule has 11 heavy (non-hydrogen) atoms. The lowest BCUT2D eigenvalue weighted by atomic mass is 10.6. The van der Waals surface area contributed by atoms with Crippen molar-refractivity contribution < 1.29 is 9.53 Å². The number of ether oxygens (including phenoxy) is 1. The van der Waals surface area contributed by atoms with Crippen LogP contribution in [-0.2, 0) is 9.53 Å². The van der Waals surface area contributed by atoms with Crippen molar-refractivity contribution in [3.8, 4) is 0 Å². The second-order valence-electron chi connectivity index (χ2n) is 2.20. The van der Waals surface area contributed by atoms with Gasteiger partial charge in [-0.25, -0.2) is 0 Å². The van der Waals surface area contributed by atoms with Crippen molar-refractivity contribution in [1.29, 1.82) is 0 Å². The Hall–Kier alpha value is 0.330. The zero-order chi connectivity index (χ0) is 8.16. The minimum absolute atomic E-state index is 0.576. The maximum Gasteiger partial charge on any atom is 0.216 e. The van der Waals surface area contributed by atoms with E-state index in [1.54, 1.807) is 23.5 Å². The van der Waals surface area contributed by atoms with Gasteiger partial charge in [0.25, 0.3) is 0 Å². The fourth-order valence-electron chi connectivity index (χ4n) is 0.916. The molecule has 0 spiro atoms. The van der Waals surface area contributed by atoms with Crippen LogP contribution >= 0.6 is 23.5 Å². The molecular formula is C7H12O2S2. The molecule has 0 aromatic carbocycles. The van der Waals surface area contributed by atoms with Crippen LogP contribution in [-0.4, -0.2) is 28.7 Å². The van der Waals surface area contributed by atoms with Gasteiger partial charge in [-0.1, -0.05) is 0 Å².